The summed E-state index contributed by atoms with van der Waals surface area (Å²) in [6.07, 6.45) is 4.38. The Kier molecular flexibility index (Phi) is 4.68. The summed E-state index contributed by atoms with van der Waals surface area (Å²) in [5, 5.41) is 5.71. The van der Waals surface area contributed by atoms with E-state index in [1.807, 2.05) is 20.8 Å². The molecular weight excluding hydrogens is 220 g/mol. The molecule has 17 heavy (non-hydrogen) atoms. The maximum absolute atomic E-state index is 11.3. The maximum atomic E-state index is 11.3. The molecule has 0 aromatic carbocycles. The van der Waals surface area contributed by atoms with Gasteiger partial charge in [-0.25, -0.2) is 14.8 Å². The van der Waals surface area contributed by atoms with Crippen LogP contribution in [0.5, 0.6) is 0 Å². The number of hydrogen-bond donors (Lipinski definition) is 2. The molecule has 0 aliphatic carbocycles. The van der Waals surface area contributed by atoms with E-state index in [2.05, 4.69) is 20.6 Å². The quantitative estimate of drug-likeness (QED) is 0.776. The van der Waals surface area contributed by atoms with Gasteiger partial charge in [0.2, 0.25) is 0 Å². The number of carbonyl (C=O) groups excluding carboxylic acids is 1. The number of carbonyl (C=O) groups is 1. The van der Waals surface area contributed by atoms with Crippen LogP contribution in [0.25, 0.3) is 0 Å². The molecule has 6 heteroatoms. The van der Waals surface area contributed by atoms with Crippen molar-refractivity contribution >= 4 is 11.8 Å². The second-order valence-electron chi connectivity index (χ2n) is 4.48. The Morgan fingerprint density at radius 3 is 2.53 bits per heavy atom. The minimum Gasteiger partial charge on any atom is -0.444 e. The average Bonchev–Trinajstić information content (AvgIpc) is 2.23. The number of ether oxygens (including phenoxy) is 1. The van der Waals surface area contributed by atoms with E-state index >= 15 is 0 Å². The molecule has 6 nitrogen and oxygen atoms in total. The Hall–Kier alpha value is -1.85. The molecular formula is C11H18N4O2. The molecule has 0 fully saturated rings. The number of nitrogens with one attached hydrogen (secondary N) is 2. The molecule has 0 atom stereocenters. The molecule has 1 aromatic heterocycles. The highest BCUT2D eigenvalue weighted by Gasteiger charge is 2.15. The van der Waals surface area contributed by atoms with Crippen molar-refractivity contribution in [2.24, 2.45) is 0 Å². The van der Waals surface area contributed by atoms with Gasteiger partial charge in [-0.2, -0.15) is 0 Å². The number of nitrogens with zero attached hydrogens (tertiary/aromatic N) is 2. The summed E-state index contributed by atoms with van der Waals surface area (Å²) in [5.41, 5.74) is 0.351. The zero-order valence-electron chi connectivity index (χ0n) is 10.4. The number of rotatable bonds is 4. The lowest BCUT2D eigenvalue weighted by Gasteiger charge is -2.19. The summed E-state index contributed by atoms with van der Waals surface area (Å²) in [7, 11) is 0. The third-order valence-corrected chi connectivity index (χ3v) is 1.68. The van der Waals surface area contributed by atoms with Crippen molar-refractivity contribution in [2.75, 3.05) is 18.4 Å². The standard InChI is InChI=1S/C11H18N4O2/c1-11(2,3)17-10(16)15-5-4-14-9-6-12-8-13-7-9/h6-8,14H,4-5H2,1-3H3,(H,15,16). The average molecular weight is 238 g/mol. The second kappa shape index (κ2) is 6.03. The maximum Gasteiger partial charge on any atom is 0.407 e. The van der Waals surface area contributed by atoms with Gasteiger partial charge in [-0.05, 0) is 20.8 Å². The fourth-order valence-electron chi connectivity index (χ4n) is 1.08. The Labute approximate surface area is 101 Å². The van der Waals surface area contributed by atoms with E-state index in [1.165, 1.54) is 6.33 Å². The van der Waals surface area contributed by atoms with Crippen LogP contribution in [0.2, 0.25) is 0 Å². The lowest BCUT2D eigenvalue weighted by Crippen LogP contribution is -2.35. The van der Waals surface area contributed by atoms with Crippen LogP contribution >= 0.6 is 0 Å². The largest absolute Gasteiger partial charge is 0.444 e. The summed E-state index contributed by atoms with van der Waals surface area (Å²) in [6, 6.07) is 0. The van der Waals surface area contributed by atoms with Crippen molar-refractivity contribution in [3.05, 3.63) is 18.7 Å². The van der Waals surface area contributed by atoms with Crippen LogP contribution in [0, 0.1) is 0 Å². The van der Waals surface area contributed by atoms with Crippen molar-refractivity contribution in [1.82, 2.24) is 15.3 Å². The predicted molar refractivity (Wildman–Crippen MR) is 64.8 cm³/mol. The molecule has 1 aromatic rings. The molecule has 0 aliphatic rings. The first-order valence-electron chi connectivity index (χ1n) is 5.43. The minimum atomic E-state index is -0.467. The van der Waals surface area contributed by atoms with Crippen LogP contribution in [0.4, 0.5) is 10.5 Å². The molecule has 0 spiro atoms. The van der Waals surface area contributed by atoms with Gasteiger partial charge in [0, 0.05) is 13.1 Å². The monoisotopic (exact) mass is 238 g/mol. The van der Waals surface area contributed by atoms with Crippen molar-refractivity contribution in [2.45, 2.75) is 26.4 Å². The van der Waals surface area contributed by atoms with Crippen molar-refractivity contribution in [1.29, 1.82) is 0 Å². The fourth-order valence-corrected chi connectivity index (χ4v) is 1.08. The highest BCUT2D eigenvalue weighted by molar-refractivity contribution is 5.67. The van der Waals surface area contributed by atoms with E-state index in [-0.39, 0.29) is 0 Å². The van der Waals surface area contributed by atoms with Crippen molar-refractivity contribution in [3.63, 3.8) is 0 Å². The normalized spacial score (nSPS) is 10.8. The SMILES string of the molecule is CC(C)(C)OC(=O)NCCNc1cncnc1. The Bertz CT molecular complexity index is 348. The smallest absolute Gasteiger partial charge is 0.407 e. The molecule has 0 radical (unpaired) electrons. The number of anilines is 1. The van der Waals surface area contributed by atoms with E-state index in [0.717, 1.165) is 5.69 Å². The Morgan fingerprint density at radius 1 is 1.29 bits per heavy atom. The number of hydrogen-bond acceptors (Lipinski definition) is 5. The van der Waals surface area contributed by atoms with Gasteiger partial charge in [0.05, 0.1) is 18.1 Å². The summed E-state index contributed by atoms with van der Waals surface area (Å²) in [4.78, 5) is 19.0. The molecule has 0 saturated carbocycles. The topological polar surface area (TPSA) is 76.1 Å². The molecule has 0 saturated heterocycles. The van der Waals surface area contributed by atoms with Crippen LogP contribution < -0.4 is 10.6 Å². The third kappa shape index (κ3) is 6.34. The fraction of sp³-hybridized carbons (Fsp3) is 0.545. The number of amides is 1. The number of alkyl carbamates (subject to hydrolysis) is 1. The van der Waals surface area contributed by atoms with E-state index < -0.39 is 11.7 Å². The van der Waals surface area contributed by atoms with Crippen LogP contribution in [0.15, 0.2) is 18.7 Å². The van der Waals surface area contributed by atoms with E-state index in [0.29, 0.717) is 13.1 Å². The minimum absolute atomic E-state index is 0.413. The van der Waals surface area contributed by atoms with Gasteiger partial charge in [-0.3, -0.25) is 0 Å². The van der Waals surface area contributed by atoms with Crippen molar-refractivity contribution < 1.29 is 9.53 Å². The second-order valence-corrected chi connectivity index (χ2v) is 4.48. The molecule has 0 bridgehead atoms. The highest BCUT2D eigenvalue weighted by atomic mass is 16.6. The van der Waals surface area contributed by atoms with Crippen LogP contribution in [0.1, 0.15) is 20.8 Å². The first-order valence-corrected chi connectivity index (χ1v) is 5.43. The van der Waals surface area contributed by atoms with E-state index in [1.54, 1.807) is 12.4 Å². The molecule has 0 aliphatic heterocycles. The van der Waals surface area contributed by atoms with Gasteiger partial charge in [0.25, 0.3) is 0 Å². The highest BCUT2D eigenvalue weighted by Crippen LogP contribution is 2.06. The summed E-state index contributed by atoms with van der Waals surface area (Å²) in [5.74, 6) is 0. The Balaban J connectivity index is 2.14. The third-order valence-electron chi connectivity index (χ3n) is 1.68. The predicted octanol–water partition coefficient (Wildman–Crippen LogP) is 1.41. The van der Waals surface area contributed by atoms with E-state index in [4.69, 9.17) is 4.74 Å². The molecule has 94 valence electrons. The molecule has 1 rings (SSSR count). The van der Waals surface area contributed by atoms with Crippen LogP contribution in [-0.4, -0.2) is 34.8 Å². The van der Waals surface area contributed by atoms with Gasteiger partial charge < -0.3 is 15.4 Å². The molecule has 1 heterocycles. The Morgan fingerprint density at radius 2 is 1.94 bits per heavy atom. The van der Waals surface area contributed by atoms with Gasteiger partial charge >= 0.3 is 6.09 Å². The van der Waals surface area contributed by atoms with Gasteiger partial charge in [-0.1, -0.05) is 0 Å². The van der Waals surface area contributed by atoms with Gasteiger partial charge in [0.15, 0.2) is 0 Å². The van der Waals surface area contributed by atoms with Crippen LogP contribution in [0.3, 0.4) is 0 Å². The molecule has 0 unspecified atom stereocenters. The summed E-state index contributed by atoms with van der Waals surface area (Å²) >= 11 is 0. The summed E-state index contributed by atoms with van der Waals surface area (Å²) < 4.78 is 5.09. The zero-order valence-corrected chi connectivity index (χ0v) is 10.4. The van der Waals surface area contributed by atoms with Gasteiger partial charge in [-0.15, -0.1) is 0 Å². The molecule has 1 amide bonds. The van der Waals surface area contributed by atoms with Crippen molar-refractivity contribution in [3.8, 4) is 0 Å². The number of aromatic nitrogens is 2. The lowest BCUT2D eigenvalue weighted by molar-refractivity contribution is 0.0530. The zero-order chi connectivity index (χ0) is 12.7. The lowest BCUT2D eigenvalue weighted by atomic mass is 10.2. The molecule has 2 N–H and O–H groups in total. The summed E-state index contributed by atoms with van der Waals surface area (Å²) in [6.45, 7) is 6.54. The first-order chi connectivity index (χ1) is 7.97. The first kappa shape index (κ1) is 13.2. The van der Waals surface area contributed by atoms with Gasteiger partial charge in [0.1, 0.15) is 11.9 Å². The van der Waals surface area contributed by atoms with E-state index in [9.17, 15) is 4.79 Å². The van der Waals surface area contributed by atoms with Crippen LogP contribution in [-0.2, 0) is 4.74 Å².